The number of anilines is 2. The fraction of sp³-hybridized carbons (Fsp3) is 0.440. The predicted octanol–water partition coefficient (Wildman–Crippen LogP) is 4.55. The molecule has 1 N–H and O–H groups in total. The molecule has 2 aromatic rings. The molecule has 1 unspecified atom stereocenters. The number of Topliss-reactive ketones (excluding diaryl/α,β-unsaturated/α-hetero) is 1. The van der Waals surface area contributed by atoms with Crippen LogP contribution in [0.3, 0.4) is 0 Å². The molecule has 0 bridgehead atoms. The van der Waals surface area contributed by atoms with E-state index in [1.807, 2.05) is 31.4 Å². The fourth-order valence-corrected chi connectivity index (χ4v) is 4.03. The molecule has 1 saturated heterocycles. The van der Waals surface area contributed by atoms with Gasteiger partial charge in [-0.2, -0.15) is 11.8 Å². The van der Waals surface area contributed by atoms with Crippen LogP contribution in [0, 0.1) is 0 Å². The molecule has 1 aliphatic heterocycles. The summed E-state index contributed by atoms with van der Waals surface area (Å²) >= 11 is 1.50. The molecule has 0 aromatic heterocycles. The van der Waals surface area contributed by atoms with Crippen LogP contribution in [0.5, 0.6) is 0 Å². The van der Waals surface area contributed by atoms with E-state index < -0.39 is 0 Å². The number of ketones is 1. The van der Waals surface area contributed by atoms with E-state index in [1.54, 1.807) is 6.07 Å². The maximum atomic E-state index is 12.6. The minimum Gasteiger partial charge on any atom is -0.369 e. The van der Waals surface area contributed by atoms with Gasteiger partial charge in [-0.05, 0) is 56.8 Å². The third-order valence-corrected chi connectivity index (χ3v) is 6.72. The summed E-state index contributed by atoms with van der Waals surface area (Å²) in [5, 5.41) is 2.77. The maximum absolute atomic E-state index is 12.6. The van der Waals surface area contributed by atoms with Crippen molar-refractivity contribution in [1.29, 1.82) is 0 Å². The smallest absolute Gasteiger partial charge is 0.237 e. The average molecular weight is 440 g/mol. The number of hydrogen-bond donors (Lipinski definition) is 1. The minimum absolute atomic E-state index is 0.0375. The van der Waals surface area contributed by atoms with Crippen LogP contribution >= 0.6 is 11.8 Å². The molecule has 2 aromatic carbocycles. The number of rotatable bonds is 10. The Bertz CT molecular complexity index is 851. The molecule has 0 aliphatic carbocycles. The topological polar surface area (TPSA) is 52.7 Å². The summed E-state index contributed by atoms with van der Waals surface area (Å²) < 4.78 is 0. The number of hydrogen-bond acceptors (Lipinski definition) is 5. The van der Waals surface area contributed by atoms with E-state index in [0.29, 0.717) is 17.7 Å². The standard InChI is InChI=1S/C25H33N3O2S/c1-20(31-2)25(30)26-22-10-8-9-21(19-22)24(29)13-6-7-14-27-15-17-28(18-16-27)23-11-4-3-5-12-23/h3-5,8-12,19-20H,6-7,13-18H2,1-2H3,(H,26,30). The number of para-hydroxylation sites is 1. The molecular weight excluding hydrogens is 406 g/mol. The van der Waals surface area contributed by atoms with E-state index in [9.17, 15) is 9.59 Å². The molecule has 6 heteroatoms. The number of carbonyl (C=O) groups excluding carboxylic acids is 2. The van der Waals surface area contributed by atoms with Crippen molar-refractivity contribution < 1.29 is 9.59 Å². The van der Waals surface area contributed by atoms with Gasteiger partial charge in [0.1, 0.15) is 0 Å². The summed E-state index contributed by atoms with van der Waals surface area (Å²) in [6.45, 7) is 7.15. The van der Waals surface area contributed by atoms with Gasteiger partial charge in [0.2, 0.25) is 5.91 Å². The fourth-order valence-electron chi connectivity index (χ4n) is 3.76. The molecule has 0 radical (unpaired) electrons. The lowest BCUT2D eigenvalue weighted by Crippen LogP contribution is -2.46. The normalized spacial score (nSPS) is 15.5. The highest BCUT2D eigenvalue weighted by atomic mass is 32.2. The Balaban J connectivity index is 1.37. The van der Waals surface area contributed by atoms with Gasteiger partial charge in [0.25, 0.3) is 0 Å². The van der Waals surface area contributed by atoms with Gasteiger partial charge in [0.15, 0.2) is 5.78 Å². The third kappa shape index (κ3) is 7.11. The minimum atomic E-state index is -0.117. The van der Waals surface area contributed by atoms with E-state index in [-0.39, 0.29) is 16.9 Å². The highest BCUT2D eigenvalue weighted by molar-refractivity contribution is 7.99. The summed E-state index contributed by atoms with van der Waals surface area (Å²) in [5.74, 6) is 0.104. The third-order valence-electron chi connectivity index (χ3n) is 5.80. The molecule has 1 aliphatic rings. The van der Waals surface area contributed by atoms with Crippen molar-refractivity contribution in [3.05, 3.63) is 60.2 Å². The number of amides is 1. The Morgan fingerprint density at radius 1 is 1.00 bits per heavy atom. The zero-order valence-corrected chi connectivity index (χ0v) is 19.4. The summed E-state index contributed by atoms with van der Waals surface area (Å²) in [6.07, 6.45) is 4.37. The number of carbonyl (C=O) groups is 2. The van der Waals surface area contributed by atoms with Crippen LogP contribution in [0.1, 0.15) is 36.5 Å². The molecule has 5 nitrogen and oxygen atoms in total. The number of benzene rings is 2. The van der Waals surface area contributed by atoms with Gasteiger partial charge in [-0.3, -0.25) is 14.5 Å². The lowest BCUT2D eigenvalue weighted by atomic mass is 10.0. The Labute approximate surface area is 190 Å². The van der Waals surface area contributed by atoms with Crippen molar-refractivity contribution in [3.8, 4) is 0 Å². The highest BCUT2D eigenvalue weighted by Gasteiger charge is 2.17. The van der Waals surface area contributed by atoms with Crippen LogP contribution < -0.4 is 10.2 Å². The number of nitrogens with zero attached hydrogens (tertiary/aromatic N) is 2. The second kappa shape index (κ2) is 11.9. The van der Waals surface area contributed by atoms with Crippen molar-refractivity contribution >= 4 is 34.8 Å². The Hall–Kier alpha value is -2.31. The Morgan fingerprint density at radius 3 is 2.45 bits per heavy atom. The summed E-state index contributed by atoms with van der Waals surface area (Å²) in [4.78, 5) is 29.6. The lowest BCUT2D eigenvalue weighted by Gasteiger charge is -2.36. The monoisotopic (exact) mass is 439 g/mol. The molecule has 1 fully saturated rings. The van der Waals surface area contributed by atoms with E-state index in [4.69, 9.17) is 0 Å². The SMILES string of the molecule is CSC(C)C(=O)Nc1cccc(C(=O)CCCCN2CCN(c3ccccc3)CC2)c1. The van der Waals surface area contributed by atoms with E-state index in [0.717, 1.165) is 45.6 Å². The zero-order valence-electron chi connectivity index (χ0n) is 18.5. The molecule has 1 amide bonds. The van der Waals surface area contributed by atoms with Gasteiger partial charge in [0, 0.05) is 49.5 Å². The van der Waals surface area contributed by atoms with Crippen molar-refractivity contribution in [2.24, 2.45) is 0 Å². The van der Waals surface area contributed by atoms with Crippen LogP contribution in [-0.2, 0) is 4.79 Å². The lowest BCUT2D eigenvalue weighted by molar-refractivity contribution is -0.115. The van der Waals surface area contributed by atoms with Gasteiger partial charge < -0.3 is 10.2 Å². The Morgan fingerprint density at radius 2 is 1.74 bits per heavy atom. The summed E-state index contributed by atoms with van der Waals surface area (Å²) in [7, 11) is 0. The van der Waals surface area contributed by atoms with Crippen LogP contribution in [-0.4, -0.2) is 60.8 Å². The number of piperazine rings is 1. The molecule has 31 heavy (non-hydrogen) atoms. The van der Waals surface area contributed by atoms with Crippen molar-refractivity contribution in [1.82, 2.24) is 4.90 Å². The number of thioether (sulfide) groups is 1. The van der Waals surface area contributed by atoms with Crippen molar-refractivity contribution in [3.63, 3.8) is 0 Å². The second-order valence-electron chi connectivity index (χ2n) is 7.99. The van der Waals surface area contributed by atoms with Gasteiger partial charge >= 0.3 is 0 Å². The van der Waals surface area contributed by atoms with Crippen molar-refractivity contribution in [2.75, 3.05) is 49.2 Å². The average Bonchev–Trinajstić information content (AvgIpc) is 2.82. The zero-order chi connectivity index (χ0) is 22.1. The largest absolute Gasteiger partial charge is 0.369 e. The molecular formula is C25H33N3O2S. The number of nitrogens with one attached hydrogen (secondary N) is 1. The molecule has 3 rings (SSSR count). The van der Waals surface area contributed by atoms with Crippen molar-refractivity contribution in [2.45, 2.75) is 31.4 Å². The molecule has 1 heterocycles. The molecule has 0 spiro atoms. The molecule has 1 atom stereocenters. The quantitative estimate of drug-likeness (QED) is 0.435. The van der Waals surface area contributed by atoms with Crippen LogP contribution in [0.2, 0.25) is 0 Å². The molecule has 0 saturated carbocycles. The van der Waals surface area contributed by atoms with Crippen LogP contribution in [0.15, 0.2) is 54.6 Å². The van der Waals surface area contributed by atoms with Gasteiger partial charge in [-0.25, -0.2) is 0 Å². The second-order valence-corrected chi connectivity index (χ2v) is 9.17. The molecule has 166 valence electrons. The van der Waals surface area contributed by atoms with Gasteiger partial charge in [-0.15, -0.1) is 0 Å². The van der Waals surface area contributed by atoms with Crippen LogP contribution in [0.25, 0.3) is 0 Å². The van der Waals surface area contributed by atoms with Crippen LogP contribution in [0.4, 0.5) is 11.4 Å². The first kappa shape index (κ1) is 23.4. The van der Waals surface area contributed by atoms with Gasteiger partial charge in [-0.1, -0.05) is 30.3 Å². The first-order valence-electron chi connectivity index (χ1n) is 11.1. The first-order valence-corrected chi connectivity index (χ1v) is 12.3. The predicted molar refractivity (Wildman–Crippen MR) is 131 cm³/mol. The first-order chi connectivity index (χ1) is 15.1. The van der Waals surface area contributed by atoms with Gasteiger partial charge in [0.05, 0.1) is 5.25 Å². The van der Waals surface area contributed by atoms with E-state index in [2.05, 4.69) is 45.4 Å². The highest BCUT2D eigenvalue weighted by Crippen LogP contribution is 2.17. The summed E-state index contributed by atoms with van der Waals surface area (Å²) in [6, 6.07) is 17.9. The maximum Gasteiger partial charge on any atom is 0.237 e. The van der Waals surface area contributed by atoms with E-state index >= 15 is 0 Å². The number of unbranched alkanes of at least 4 members (excludes halogenated alkanes) is 1. The Kier molecular flexibility index (Phi) is 8.98. The van der Waals surface area contributed by atoms with E-state index in [1.165, 1.54) is 17.4 Å². The summed E-state index contributed by atoms with van der Waals surface area (Å²) in [5.41, 5.74) is 2.66.